The average molecular weight is 287 g/mol. The predicted octanol–water partition coefficient (Wildman–Crippen LogP) is 3.80. The molecular formula is C11H11BrO2S. The fraction of sp³-hybridized carbons (Fsp3) is 0.273. The van der Waals surface area contributed by atoms with E-state index in [9.17, 15) is 5.11 Å². The summed E-state index contributed by atoms with van der Waals surface area (Å²) in [6.07, 6.45) is 1.02. The van der Waals surface area contributed by atoms with Gasteiger partial charge < -0.3 is 9.52 Å². The maximum Gasteiger partial charge on any atom is 0.117 e. The summed E-state index contributed by atoms with van der Waals surface area (Å²) in [5.41, 5.74) is 0.837. The van der Waals surface area contributed by atoms with Crippen LogP contribution in [0.3, 0.4) is 0 Å². The standard InChI is InChI=1S/C11H11BrO2S/c1-6-8(3-4-14-6)11(13)10-5-9(12)7(2)15-10/h3-5,11,13H,1-2H3. The molecule has 0 saturated carbocycles. The van der Waals surface area contributed by atoms with Gasteiger partial charge in [-0.3, -0.25) is 0 Å². The zero-order chi connectivity index (χ0) is 11.0. The molecule has 4 heteroatoms. The molecule has 2 heterocycles. The largest absolute Gasteiger partial charge is 0.469 e. The predicted molar refractivity (Wildman–Crippen MR) is 64.3 cm³/mol. The number of rotatable bonds is 2. The summed E-state index contributed by atoms with van der Waals surface area (Å²) in [6, 6.07) is 3.76. The Morgan fingerprint density at radius 3 is 2.67 bits per heavy atom. The van der Waals surface area contributed by atoms with E-state index in [1.807, 2.05) is 26.0 Å². The SMILES string of the molecule is Cc1occc1C(O)c1cc(Br)c(C)s1. The Balaban J connectivity index is 2.36. The molecule has 0 aliphatic carbocycles. The van der Waals surface area contributed by atoms with Gasteiger partial charge in [0.2, 0.25) is 0 Å². The van der Waals surface area contributed by atoms with Crippen molar-refractivity contribution < 1.29 is 9.52 Å². The summed E-state index contributed by atoms with van der Waals surface area (Å²) < 4.78 is 6.22. The van der Waals surface area contributed by atoms with Gasteiger partial charge in [-0.2, -0.15) is 0 Å². The van der Waals surface area contributed by atoms with Gasteiger partial charge in [-0.1, -0.05) is 0 Å². The molecule has 0 fully saturated rings. The lowest BCUT2D eigenvalue weighted by Crippen LogP contribution is -1.96. The van der Waals surface area contributed by atoms with Gasteiger partial charge in [0.05, 0.1) is 6.26 Å². The fourth-order valence-corrected chi connectivity index (χ4v) is 3.01. The maximum absolute atomic E-state index is 10.1. The molecule has 0 radical (unpaired) electrons. The third-order valence-corrected chi connectivity index (χ3v) is 4.53. The second kappa shape index (κ2) is 4.12. The molecule has 80 valence electrons. The summed E-state index contributed by atoms with van der Waals surface area (Å²) in [7, 11) is 0. The molecule has 2 aromatic rings. The number of aryl methyl sites for hydroxylation is 2. The van der Waals surface area contributed by atoms with E-state index < -0.39 is 6.10 Å². The smallest absolute Gasteiger partial charge is 0.117 e. The third kappa shape index (κ3) is 2.02. The van der Waals surface area contributed by atoms with Gasteiger partial charge in [-0.25, -0.2) is 0 Å². The first-order valence-electron chi connectivity index (χ1n) is 4.57. The van der Waals surface area contributed by atoms with Crippen molar-refractivity contribution in [3.63, 3.8) is 0 Å². The molecule has 0 spiro atoms. The summed E-state index contributed by atoms with van der Waals surface area (Å²) in [4.78, 5) is 2.11. The highest BCUT2D eigenvalue weighted by molar-refractivity contribution is 9.10. The summed E-state index contributed by atoms with van der Waals surface area (Å²) in [6.45, 7) is 3.88. The van der Waals surface area contributed by atoms with Crippen LogP contribution in [0.5, 0.6) is 0 Å². The second-order valence-electron chi connectivity index (χ2n) is 3.39. The highest BCUT2D eigenvalue weighted by Crippen LogP contribution is 2.34. The van der Waals surface area contributed by atoms with Gasteiger partial charge in [0.25, 0.3) is 0 Å². The average Bonchev–Trinajstić information content (AvgIpc) is 2.74. The second-order valence-corrected chi connectivity index (χ2v) is 5.53. The van der Waals surface area contributed by atoms with Crippen molar-refractivity contribution in [2.24, 2.45) is 0 Å². The van der Waals surface area contributed by atoms with Crippen molar-refractivity contribution in [3.8, 4) is 0 Å². The Kier molecular flexibility index (Phi) is 3.00. The van der Waals surface area contributed by atoms with Crippen LogP contribution in [0.2, 0.25) is 0 Å². The van der Waals surface area contributed by atoms with Crippen LogP contribution < -0.4 is 0 Å². The molecule has 2 aromatic heterocycles. The van der Waals surface area contributed by atoms with Crippen molar-refractivity contribution in [2.75, 3.05) is 0 Å². The molecule has 0 amide bonds. The van der Waals surface area contributed by atoms with Crippen molar-refractivity contribution in [3.05, 3.63) is 43.9 Å². The van der Waals surface area contributed by atoms with Crippen LogP contribution in [0.25, 0.3) is 0 Å². The Morgan fingerprint density at radius 2 is 2.20 bits per heavy atom. The number of furan rings is 1. The molecule has 15 heavy (non-hydrogen) atoms. The minimum absolute atomic E-state index is 0.584. The number of thiophene rings is 1. The molecule has 0 aliphatic rings. The number of halogens is 1. The first-order valence-corrected chi connectivity index (χ1v) is 6.18. The van der Waals surface area contributed by atoms with Crippen molar-refractivity contribution in [1.82, 2.24) is 0 Å². The first kappa shape index (κ1) is 10.9. The van der Waals surface area contributed by atoms with Crippen LogP contribution in [0.15, 0.2) is 27.3 Å². The molecular weight excluding hydrogens is 276 g/mol. The Bertz CT molecular complexity index is 453. The van der Waals surface area contributed by atoms with Crippen LogP contribution in [0.1, 0.15) is 27.2 Å². The van der Waals surface area contributed by atoms with E-state index in [4.69, 9.17) is 4.42 Å². The monoisotopic (exact) mass is 286 g/mol. The van der Waals surface area contributed by atoms with Crippen molar-refractivity contribution >= 4 is 27.3 Å². The van der Waals surface area contributed by atoms with Gasteiger partial charge in [-0.15, -0.1) is 11.3 Å². The molecule has 0 aromatic carbocycles. The normalized spacial score (nSPS) is 13.1. The summed E-state index contributed by atoms with van der Waals surface area (Å²) >= 11 is 5.03. The zero-order valence-corrected chi connectivity index (χ0v) is 10.9. The molecule has 2 rings (SSSR count). The third-order valence-electron chi connectivity index (χ3n) is 2.34. The molecule has 1 atom stereocenters. The van der Waals surface area contributed by atoms with Gasteiger partial charge in [0.1, 0.15) is 11.9 Å². The van der Waals surface area contributed by atoms with E-state index >= 15 is 0 Å². The van der Waals surface area contributed by atoms with Crippen LogP contribution in [-0.4, -0.2) is 5.11 Å². The van der Waals surface area contributed by atoms with E-state index in [-0.39, 0.29) is 0 Å². The van der Waals surface area contributed by atoms with Crippen molar-refractivity contribution in [1.29, 1.82) is 0 Å². The van der Waals surface area contributed by atoms with Crippen LogP contribution in [0.4, 0.5) is 0 Å². The minimum atomic E-state index is -0.584. The van der Waals surface area contributed by atoms with Crippen LogP contribution in [0, 0.1) is 13.8 Å². The quantitative estimate of drug-likeness (QED) is 0.911. The maximum atomic E-state index is 10.1. The van der Waals surface area contributed by atoms with Crippen LogP contribution in [-0.2, 0) is 0 Å². The number of aliphatic hydroxyl groups is 1. The van der Waals surface area contributed by atoms with Gasteiger partial charge >= 0.3 is 0 Å². The summed E-state index contributed by atoms with van der Waals surface area (Å²) in [5, 5.41) is 10.1. The Hall–Kier alpha value is -0.580. The Morgan fingerprint density at radius 1 is 1.47 bits per heavy atom. The lowest BCUT2D eigenvalue weighted by atomic mass is 10.1. The number of hydrogen-bond acceptors (Lipinski definition) is 3. The molecule has 2 nitrogen and oxygen atoms in total. The molecule has 1 unspecified atom stereocenters. The van der Waals surface area contributed by atoms with E-state index in [2.05, 4.69) is 15.9 Å². The van der Waals surface area contributed by atoms with E-state index in [0.29, 0.717) is 0 Å². The lowest BCUT2D eigenvalue weighted by Gasteiger charge is -2.06. The highest BCUT2D eigenvalue weighted by Gasteiger charge is 2.17. The Labute approximate surface area is 101 Å². The molecule has 0 aliphatic heterocycles. The van der Waals surface area contributed by atoms with Crippen molar-refractivity contribution in [2.45, 2.75) is 20.0 Å². The molecule has 1 N–H and O–H groups in total. The lowest BCUT2D eigenvalue weighted by molar-refractivity contribution is 0.222. The van der Waals surface area contributed by atoms with E-state index in [1.54, 1.807) is 17.6 Å². The van der Waals surface area contributed by atoms with Gasteiger partial charge in [0, 0.05) is 19.8 Å². The zero-order valence-electron chi connectivity index (χ0n) is 8.45. The molecule has 0 bridgehead atoms. The highest BCUT2D eigenvalue weighted by atomic mass is 79.9. The first-order chi connectivity index (χ1) is 7.09. The van der Waals surface area contributed by atoms with Crippen LogP contribution >= 0.6 is 27.3 Å². The summed E-state index contributed by atoms with van der Waals surface area (Å²) in [5.74, 6) is 0.768. The van der Waals surface area contributed by atoms with Gasteiger partial charge in [0.15, 0.2) is 0 Å². The molecule has 0 saturated heterocycles. The van der Waals surface area contributed by atoms with E-state index in [0.717, 1.165) is 20.7 Å². The number of hydrogen-bond donors (Lipinski definition) is 1. The van der Waals surface area contributed by atoms with E-state index in [1.165, 1.54) is 4.88 Å². The minimum Gasteiger partial charge on any atom is -0.469 e. The topological polar surface area (TPSA) is 33.4 Å². The van der Waals surface area contributed by atoms with Gasteiger partial charge in [-0.05, 0) is 41.9 Å². The number of aliphatic hydroxyl groups excluding tert-OH is 1. The fourth-order valence-electron chi connectivity index (χ4n) is 1.45.